The number of ether oxygens (including phenoxy) is 1. The van der Waals surface area contributed by atoms with Gasteiger partial charge in [0.05, 0.1) is 0 Å². The maximum absolute atomic E-state index is 12.2. The van der Waals surface area contributed by atoms with Gasteiger partial charge in [0.2, 0.25) is 0 Å². The van der Waals surface area contributed by atoms with Crippen LogP contribution < -0.4 is 5.32 Å². The van der Waals surface area contributed by atoms with E-state index in [1.807, 2.05) is 0 Å². The zero-order valence-electron chi connectivity index (χ0n) is 12.2. The van der Waals surface area contributed by atoms with Crippen molar-refractivity contribution in [1.82, 2.24) is 0 Å². The number of nitrogens with one attached hydrogen (secondary N) is 1. The highest BCUT2D eigenvalue weighted by molar-refractivity contribution is 7.99. The van der Waals surface area contributed by atoms with Crippen molar-refractivity contribution < 1.29 is 28.2 Å². The Morgan fingerprint density at radius 1 is 1.12 bits per heavy atom. The minimum absolute atomic E-state index is 0.0429. The van der Waals surface area contributed by atoms with Gasteiger partial charge in [-0.25, -0.2) is 4.79 Å². The summed E-state index contributed by atoms with van der Waals surface area (Å²) in [5.74, 6) is -4.17. The van der Waals surface area contributed by atoms with Crippen LogP contribution in [0.5, 0.6) is 5.75 Å². The number of halogens is 2. The predicted molar refractivity (Wildman–Crippen MR) is 85.3 cm³/mol. The molecule has 0 spiro atoms. The lowest BCUT2D eigenvalue weighted by Gasteiger charge is -2.08. The third-order valence-corrected chi connectivity index (χ3v) is 3.54. The summed E-state index contributed by atoms with van der Waals surface area (Å²) in [6, 6.07) is 11.6. The van der Waals surface area contributed by atoms with Crippen molar-refractivity contribution >= 4 is 29.3 Å². The number of alkyl halides is 2. The summed E-state index contributed by atoms with van der Waals surface area (Å²) in [6.07, 6.45) is 0. The smallest absolute Gasteiger partial charge is 0.342 e. The van der Waals surface area contributed by atoms with E-state index in [2.05, 4.69) is 5.32 Å². The lowest BCUT2D eigenvalue weighted by molar-refractivity contribution is -0.119. The van der Waals surface area contributed by atoms with E-state index in [9.17, 15) is 23.5 Å². The minimum atomic E-state index is -2.51. The molecule has 0 saturated heterocycles. The van der Waals surface area contributed by atoms with Crippen LogP contribution in [0, 0.1) is 0 Å². The summed E-state index contributed by atoms with van der Waals surface area (Å²) in [6.45, 7) is -0.541. The van der Waals surface area contributed by atoms with Gasteiger partial charge in [0.1, 0.15) is 11.3 Å². The number of thioether (sulfide) groups is 1. The minimum Gasteiger partial charge on any atom is -0.507 e. The second-order valence-corrected chi connectivity index (χ2v) is 5.61. The summed E-state index contributed by atoms with van der Waals surface area (Å²) < 4.78 is 29.2. The zero-order valence-corrected chi connectivity index (χ0v) is 13.1. The summed E-state index contributed by atoms with van der Waals surface area (Å²) in [5.41, 5.74) is 0.343. The predicted octanol–water partition coefficient (Wildman–Crippen LogP) is 3.50. The number of amides is 1. The molecule has 0 saturated carbocycles. The van der Waals surface area contributed by atoms with Gasteiger partial charge < -0.3 is 15.2 Å². The lowest BCUT2D eigenvalue weighted by atomic mass is 10.2. The van der Waals surface area contributed by atoms with E-state index in [0.717, 1.165) is 0 Å². The fourth-order valence-electron chi connectivity index (χ4n) is 1.77. The number of hydrogen-bond donors (Lipinski definition) is 2. The van der Waals surface area contributed by atoms with Crippen LogP contribution in [-0.4, -0.2) is 29.3 Å². The zero-order chi connectivity index (χ0) is 17.5. The van der Waals surface area contributed by atoms with Gasteiger partial charge in [-0.1, -0.05) is 23.9 Å². The van der Waals surface area contributed by atoms with Gasteiger partial charge in [0, 0.05) is 10.6 Å². The lowest BCUT2D eigenvalue weighted by Crippen LogP contribution is -2.20. The van der Waals surface area contributed by atoms with Crippen LogP contribution in [0.4, 0.5) is 14.5 Å². The molecule has 126 valence electrons. The van der Waals surface area contributed by atoms with E-state index in [0.29, 0.717) is 22.3 Å². The highest BCUT2D eigenvalue weighted by Crippen LogP contribution is 2.26. The molecule has 1 amide bonds. The van der Waals surface area contributed by atoms with Crippen LogP contribution in [0.15, 0.2) is 53.4 Å². The number of aromatic hydroxyl groups is 1. The first-order valence-corrected chi connectivity index (χ1v) is 7.63. The molecule has 0 radical (unpaired) electrons. The van der Waals surface area contributed by atoms with Gasteiger partial charge >= 0.3 is 5.97 Å². The van der Waals surface area contributed by atoms with Crippen molar-refractivity contribution in [3.63, 3.8) is 0 Å². The van der Waals surface area contributed by atoms with E-state index >= 15 is 0 Å². The topological polar surface area (TPSA) is 75.6 Å². The normalized spacial score (nSPS) is 10.5. The molecule has 2 aromatic carbocycles. The number of phenolic OH excluding ortho intramolecular Hbond substituents is 1. The van der Waals surface area contributed by atoms with Crippen molar-refractivity contribution in [3.8, 4) is 5.75 Å². The van der Waals surface area contributed by atoms with E-state index in [1.54, 1.807) is 12.1 Å². The number of para-hydroxylation sites is 1. The first-order chi connectivity index (χ1) is 11.5. The van der Waals surface area contributed by atoms with Crippen molar-refractivity contribution in [2.75, 3.05) is 11.9 Å². The molecule has 0 aromatic heterocycles. The quantitative estimate of drug-likeness (QED) is 0.614. The third kappa shape index (κ3) is 5.24. The number of rotatable bonds is 6. The number of anilines is 1. The van der Waals surface area contributed by atoms with E-state index in [4.69, 9.17) is 4.74 Å². The summed E-state index contributed by atoms with van der Waals surface area (Å²) >= 11 is 0.400. The SMILES string of the molecule is O=C(COC(=O)c1ccccc1O)Nc1ccc(SC(F)F)cc1. The maximum Gasteiger partial charge on any atom is 0.342 e. The number of esters is 1. The Labute approximate surface area is 140 Å². The Morgan fingerprint density at radius 3 is 2.42 bits per heavy atom. The van der Waals surface area contributed by atoms with Crippen molar-refractivity contribution in [1.29, 1.82) is 0 Å². The van der Waals surface area contributed by atoms with E-state index < -0.39 is 24.2 Å². The van der Waals surface area contributed by atoms with Gasteiger partial charge in [-0.2, -0.15) is 8.78 Å². The fraction of sp³-hybridized carbons (Fsp3) is 0.125. The highest BCUT2D eigenvalue weighted by atomic mass is 32.2. The largest absolute Gasteiger partial charge is 0.507 e. The highest BCUT2D eigenvalue weighted by Gasteiger charge is 2.14. The fourth-order valence-corrected chi connectivity index (χ4v) is 2.27. The average Bonchev–Trinajstić information content (AvgIpc) is 2.54. The van der Waals surface area contributed by atoms with Gasteiger partial charge in [-0.05, 0) is 36.4 Å². The average molecular weight is 353 g/mol. The molecule has 0 bridgehead atoms. The molecule has 0 heterocycles. The summed E-state index contributed by atoms with van der Waals surface area (Å²) in [4.78, 5) is 23.8. The van der Waals surface area contributed by atoms with Crippen LogP contribution in [0.1, 0.15) is 10.4 Å². The molecule has 8 heteroatoms. The monoisotopic (exact) mass is 353 g/mol. The Morgan fingerprint density at radius 2 is 1.79 bits per heavy atom. The molecule has 0 aliphatic rings. The van der Waals surface area contributed by atoms with Crippen LogP contribution in [0.3, 0.4) is 0 Å². The molecular weight excluding hydrogens is 340 g/mol. The number of benzene rings is 2. The van der Waals surface area contributed by atoms with Gasteiger partial charge in [-0.15, -0.1) is 0 Å². The molecule has 2 N–H and O–H groups in total. The number of carbonyl (C=O) groups is 2. The second kappa shape index (κ2) is 8.30. The van der Waals surface area contributed by atoms with Crippen LogP contribution >= 0.6 is 11.8 Å². The first-order valence-electron chi connectivity index (χ1n) is 6.75. The molecule has 24 heavy (non-hydrogen) atoms. The number of carbonyl (C=O) groups excluding carboxylic acids is 2. The second-order valence-electron chi connectivity index (χ2n) is 4.54. The Kier molecular flexibility index (Phi) is 6.14. The number of hydrogen-bond acceptors (Lipinski definition) is 5. The van der Waals surface area contributed by atoms with Gasteiger partial charge in [0.25, 0.3) is 11.7 Å². The Balaban J connectivity index is 1.85. The molecule has 0 aliphatic carbocycles. The van der Waals surface area contributed by atoms with Crippen LogP contribution in [0.25, 0.3) is 0 Å². The summed E-state index contributed by atoms with van der Waals surface area (Å²) in [7, 11) is 0. The van der Waals surface area contributed by atoms with Crippen LogP contribution in [0.2, 0.25) is 0 Å². The van der Waals surface area contributed by atoms with Gasteiger partial charge in [-0.3, -0.25) is 4.79 Å². The molecule has 0 unspecified atom stereocenters. The third-order valence-electron chi connectivity index (χ3n) is 2.82. The molecule has 0 fully saturated rings. The van der Waals surface area contributed by atoms with Gasteiger partial charge in [0.15, 0.2) is 6.61 Å². The molecule has 0 atom stereocenters. The molecule has 0 aliphatic heterocycles. The first kappa shape index (κ1) is 17.7. The Hall–Kier alpha value is -2.61. The number of phenols is 1. The molecular formula is C16H13F2NO4S. The van der Waals surface area contributed by atoms with E-state index in [-0.39, 0.29) is 11.3 Å². The Bertz CT molecular complexity index is 722. The van der Waals surface area contributed by atoms with Crippen molar-refractivity contribution in [2.45, 2.75) is 10.7 Å². The van der Waals surface area contributed by atoms with Crippen molar-refractivity contribution in [3.05, 3.63) is 54.1 Å². The van der Waals surface area contributed by atoms with E-state index in [1.165, 1.54) is 36.4 Å². The molecule has 2 rings (SSSR count). The molecule has 5 nitrogen and oxygen atoms in total. The maximum atomic E-state index is 12.2. The summed E-state index contributed by atoms with van der Waals surface area (Å²) in [5, 5.41) is 12.0. The molecule has 2 aromatic rings. The van der Waals surface area contributed by atoms with Crippen LogP contribution in [-0.2, 0) is 9.53 Å². The van der Waals surface area contributed by atoms with Crippen molar-refractivity contribution in [2.24, 2.45) is 0 Å². The standard InChI is InChI=1S/C16H13F2NO4S/c17-16(18)24-11-7-5-10(6-8-11)19-14(21)9-23-15(22)12-3-1-2-4-13(12)20/h1-8,16,20H,9H2,(H,19,21).